The maximum absolute atomic E-state index is 13.1. The van der Waals surface area contributed by atoms with Crippen LogP contribution in [0.3, 0.4) is 0 Å². The van der Waals surface area contributed by atoms with E-state index in [0.29, 0.717) is 5.69 Å². The lowest BCUT2D eigenvalue weighted by Gasteiger charge is -2.18. The first kappa shape index (κ1) is 23.1. The highest BCUT2D eigenvalue weighted by Gasteiger charge is 2.23. The molecule has 0 fully saturated rings. The Kier molecular flexibility index (Phi) is 6.90. The van der Waals surface area contributed by atoms with Crippen LogP contribution in [0.1, 0.15) is 15.9 Å². The molecule has 33 heavy (non-hydrogen) atoms. The Labute approximate surface area is 201 Å². The Hall–Kier alpha value is -3.04. The van der Waals surface area contributed by atoms with Gasteiger partial charge in [0.25, 0.3) is 5.91 Å². The number of sulfonamides is 1. The molecule has 4 rings (SSSR count). The predicted octanol–water partition coefficient (Wildman–Crippen LogP) is 5.54. The van der Waals surface area contributed by atoms with E-state index in [0.717, 1.165) is 16.1 Å². The first-order valence-electron chi connectivity index (χ1n) is 9.96. The zero-order valence-corrected chi connectivity index (χ0v) is 20.0. The molecule has 0 spiro atoms. The highest BCUT2D eigenvalue weighted by Crippen LogP contribution is 2.26. The molecule has 0 unspecified atom stereocenters. The third kappa shape index (κ3) is 5.31. The van der Waals surface area contributed by atoms with Crippen molar-refractivity contribution in [3.05, 3.63) is 101 Å². The fraction of sp³-hybridized carbons (Fsp3) is 0.0833. The van der Waals surface area contributed by atoms with Crippen molar-refractivity contribution in [2.24, 2.45) is 0 Å². The lowest BCUT2D eigenvalue weighted by Crippen LogP contribution is -2.27. The zero-order valence-electron chi connectivity index (χ0n) is 17.6. The van der Waals surface area contributed by atoms with E-state index in [1.165, 1.54) is 40.9 Å². The van der Waals surface area contributed by atoms with Crippen LogP contribution in [-0.2, 0) is 16.6 Å². The number of benzene rings is 3. The Morgan fingerprint density at radius 2 is 1.79 bits per heavy atom. The molecule has 0 aliphatic carbocycles. The summed E-state index contributed by atoms with van der Waals surface area (Å²) in [6, 6.07) is 20.6. The number of aromatic nitrogens is 1. The molecular formula is C24H20ClN3O3S2. The van der Waals surface area contributed by atoms with Crippen LogP contribution in [0.15, 0.2) is 89.3 Å². The minimum Gasteiger partial charge on any atom is -0.322 e. The number of hydrogen-bond acceptors (Lipinski definition) is 5. The third-order valence-corrected chi connectivity index (χ3v) is 7.91. The number of carbonyl (C=O) groups excluding carboxylic acids is 1. The minimum absolute atomic E-state index is 0.00500. The topological polar surface area (TPSA) is 79.4 Å². The van der Waals surface area contributed by atoms with Gasteiger partial charge in [-0.3, -0.25) is 4.79 Å². The molecule has 0 aliphatic rings. The van der Waals surface area contributed by atoms with Crippen molar-refractivity contribution >= 4 is 44.6 Å². The molecule has 3 aromatic carbocycles. The van der Waals surface area contributed by atoms with Crippen LogP contribution in [0.5, 0.6) is 0 Å². The predicted molar refractivity (Wildman–Crippen MR) is 132 cm³/mol. The third-order valence-electron chi connectivity index (χ3n) is 4.96. The fourth-order valence-electron chi connectivity index (χ4n) is 3.20. The molecule has 6 nitrogen and oxygen atoms in total. The average Bonchev–Trinajstić information content (AvgIpc) is 3.35. The van der Waals surface area contributed by atoms with Gasteiger partial charge in [0.05, 0.1) is 15.5 Å². The van der Waals surface area contributed by atoms with Crippen LogP contribution < -0.4 is 5.32 Å². The second-order valence-corrected chi connectivity index (χ2v) is 10.6. The monoisotopic (exact) mass is 497 g/mol. The van der Waals surface area contributed by atoms with E-state index in [2.05, 4.69) is 10.3 Å². The van der Waals surface area contributed by atoms with E-state index in [1.54, 1.807) is 18.3 Å². The second-order valence-electron chi connectivity index (χ2n) is 7.26. The number of thiazole rings is 1. The summed E-state index contributed by atoms with van der Waals surface area (Å²) in [5, 5.41) is 5.71. The number of anilines is 1. The van der Waals surface area contributed by atoms with E-state index >= 15 is 0 Å². The normalized spacial score (nSPS) is 11.5. The summed E-state index contributed by atoms with van der Waals surface area (Å²) in [6.07, 6.45) is 1.73. The standard InChI is InChI=1S/C24H20ClN3O3S2/c1-28(16-17-5-3-2-4-6-17)33(30,31)20-11-12-22(25)21(15-20)23(29)27-19-9-7-18(8-10-19)24-26-13-14-32-24/h2-15H,16H2,1H3,(H,27,29). The van der Waals surface area contributed by atoms with Crippen molar-refractivity contribution in [1.82, 2.24) is 9.29 Å². The van der Waals surface area contributed by atoms with Gasteiger partial charge in [-0.15, -0.1) is 11.3 Å². The van der Waals surface area contributed by atoms with Crippen LogP contribution in [0.25, 0.3) is 10.6 Å². The molecule has 0 aliphatic heterocycles. The number of amides is 1. The smallest absolute Gasteiger partial charge is 0.257 e. The van der Waals surface area contributed by atoms with Gasteiger partial charge in [0.15, 0.2) is 0 Å². The van der Waals surface area contributed by atoms with Gasteiger partial charge in [-0.2, -0.15) is 4.31 Å². The number of nitrogens with zero attached hydrogens (tertiary/aromatic N) is 2. The summed E-state index contributed by atoms with van der Waals surface area (Å²) in [7, 11) is -2.32. The van der Waals surface area contributed by atoms with Gasteiger partial charge in [-0.05, 0) is 48.0 Å². The van der Waals surface area contributed by atoms with Gasteiger partial charge in [0.1, 0.15) is 5.01 Å². The Morgan fingerprint density at radius 1 is 1.06 bits per heavy atom. The molecule has 4 aromatic rings. The van der Waals surface area contributed by atoms with Crippen LogP contribution in [-0.4, -0.2) is 30.7 Å². The van der Waals surface area contributed by atoms with Gasteiger partial charge in [-0.1, -0.05) is 41.9 Å². The molecule has 0 atom stereocenters. The van der Waals surface area contributed by atoms with Crippen LogP contribution >= 0.6 is 22.9 Å². The van der Waals surface area contributed by atoms with Crippen molar-refractivity contribution in [1.29, 1.82) is 0 Å². The highest BCUT2D eigenvalue weighted by atomic mass is 35.5. The van der Waals surface area contributed by atoms with Crippen molar-refractivity contribution in [3.8, 4) is 10.6 Å². The van der Waals surface area contributed by atoms with Crippen molar-refractivity contribution in [2.75, 3.05) is 12.4 Å². The molecule has 1 aromatic heterocycles. The van der Waals surface area contributed by atoms with Crippen LogP contribution in [0.4, 0.5) is 5.69 Å². The molecule has 168 valence electrons. The molecule has 1 amide bonds. The average molecular weight is 498 g/mol. The zero-order chi connectivity index (χ0) is 23.4. The molecule has 0 saturated heterocycles. The summed E-state index contributed by atoms with van der Waals surface area (Å²) < 4.78 is 27.4. The summed E-state index contributed by atoms with van der Waals surface area (Å²) in [5.41, 5.74) is 2.44. The Balaban J connectivity index is 1.53. The summed E-state index contributed by atoms with van der Waals surface area (Å²) in [4.78, 5) is 17.1. The molecule has 9 heteroatoms. The quantitative estimate of drug-likeness (QED) is 0.363. The fourth-order valence-corrected chi connectivity index (χ4v) is 5.24. The SMILES string of the molecule is CN(Cc1ccccc1)S(=O)(=O)c1ccc(Cl)c(C(=O)Nc2ccc(-c3nccs3)cc2)c1. The maximum Gasteiger partial charge on any atom is 0.257 e. The summed E-state index contributed by atoms with van der Waals surface area (Å²) >= 11 is 7.76. The van der Waals surface area contributed by atoms with Gasteiger partial charge >= 0.3 is 0 Å². The maximum atomic E-state index is 13.1. The Bertz CT molecular complexity index is 1360. The Morgan fingerprint density at radius 3 is 2.45 bits per heavy atom. The first-order chi connectivity index (χ1) is 15.8. The summed E-state index contributed by atoms with van der Waals surface area (Å²) in [6.45, 7) is 0.207. The van der Waals surface area contributed by atoms with E-state index in [1.807, 2.05) is 47.8 Å². The first-order valence-corrected chi connectivity index (χ1v) is 12.7. The van der Waals surface area contributed by atoms with Gasteiger partial charge in [-0.25, -0.2) is 13.4 Å². The summed E-state index contributed by atoms with van der Waals surface area (Å²) in [5.74, 6) is -0.496. The highest BCUT2D eigenvalue weighted by molar-refractivity contribution is 7.89. The van der Waals surface area contributed by atoms with Crippen LogP contribution in [0, 0.1) is 0 Å². The lowest BCUT2D eigenvalue weighted by atomic mass is 10.2. The van der Waals surface area contributed by atoms with Crippen LogP contribution in [0.2, 0.25) is 5.02 Å². The van der Waals surface area contributed by atoms with Gasteiger partial charge in [0, 0.05) is 36.4 Å². The molecule has 1 heterocycles. The van der Waals surface area contributed by atoms with E-state index in [-0.39, 0.29) is 22.0 Å². The largest absolute Gasteiger partial charge is 0.322 e. The minimum atomic E-state index is -3.82. The van der Waals surface area contributed by atoms with Crippen molar-refractivity contribution < 1.29 is 13.2 Å². The second kappa shape index (κ2) is 9.84. The molecule has 0 radical (unpaired) electrons. The molecule has 1 N–H and O–H groups in total. The van der Waals surface area contributed by atoms with Crippen molar-refractivity contribution in [2.45, 2.75) is 11.4 Å². The number of hydrogen-bond donors (Lipinski definition) is 1. The molecule has 0 bridgehead atoms. The number of halogens is 1. The number of carbonyl (C=O) groups is 1. The van der Waals surface area contributed by atoms with Crippen molar-refractivity contribution in [3.63, 3.8) is 0 Å². The number of rotatable bonds is 7. The molecular weight excluding hydrogens is 478 g/mol. The van der Waals surface area contributed by atoms with E-state index in [4.69, 9.17) is 11.6 Å². The lowest BCUT2D eigenvalue weighted by molar-refractivity contribution is 0.102. The van der Waals surface area contributed by atoms with Gasteiger partial charge < -0.3 is 5.32 Å². The van der Waals surface area contributed by atoms with E-state index in [9.17, 15) is 13.2 Å². The number of nitrogens with one attached hydrogen (secondary N) is 1. The van der Waals surface area contributed by atoms with E-state index < -0.39 is 15.9 Å². The van der Waals surface area contributed by atoms with Gasteiger partial charge in [0.2, 0.25) is 10.0 Å². The molecule has 0 saturated carbocycles.